The summed E-state index contributed by atoms with van der Waals surface area (Å²) >= 11 is 3.92. The summed E-state index contributed by atoms with van der Waals surface area (Å²) in [6.45, 7) is 3.70. The second-order valence-corrected chi connectivity index (χ2v) is 3.78. The molecule has 1 atom stereocenters. The third-order valence-electron chi connectivity index (χ3n) is 2.51. The van der Waals surface area contributed by atoms with Crippen molar-refractivity contribution >= 4 is 18.5 Å². The number of ether oxygens (including phenoxy) is 1. The Bertz CT molecular complexity index is 169. The molecule has 0 aliphatic carbocycles. The van der Waals surface area contributed by atoms with Crippen LogP contribution in [0.2, 0.25) is 0 Å². The molecule has 1 aliphatic rings. The molecule has 0 radical (unpaired) electrons. The van der Waals surface area contributed by atoms with E-state index in [-0.39, 0.29) is 17.7 Å². The molecule has 1 rings (SSSR count). The lowest BCUT2D eigenvalue weighted by Gasteiger charge is -2.28. The summed E-state index contributed by atoms with van der Waals surface area (Å²) in [5.41, 5.74) is 0. The maximum absolute atomic E-state index is 11.0. The van der Waals surface area contributed by atoms with Gasteiger partial charge in [-0.05, 0) is 25.7 Å². The third kappa shape index (κ3) is 3.56. The van der Waals surface area contributed by atoms with Gasteiger partial charge >= 0.3 is 0 Å². The van der Waals surface area contributed by atoms with Crippen LogP contribution in [0.3, 0.4) is 0 Å². The zero-order valence-corrected chi connectivity index (χ0v) is 8.85. The van der Waals surface area contributed by atoms with Crippen molar-refractivity contribution < 1.29 is 9.53 Å². The first kappa shape index (κ1) is 10.9. The summed E-state index contributed by atoms with van der Waals surface area (Å²) in [4.78, 5) is 11.0. The first-order valence-electron chi connectivity index (χ1n) is 4.72. The van der Waals surface area contributed by atoms with Crippen LogP contribution >= 0.6 is 12.6 Å². The van der Waals surface area contributed by atoms with Crippen LogP contribution in [0, 0.1) is 5.92 Å². The van der Waals surface area contributed by atoms with Gasteiger partial charge in [0.25, 0.3) is 0 Å². The molecule has 1 amide bonds. The molecule has 1 saturated heterocycles. The highest BCUT2D eigenvalue weighted by Gasteiger charge is 2.21. The molecule has 13 heavy (non-hydrogen) atoms. The first-order chi connectivity index (χ1) is 6.24. The van der Waals surface area contributed by atoms with Crippen molar-refractivity contribution in [1.29, 1.82) is 0 Å². The average molecular weight is 203 g/mol. The van der Waals surface area contributed by atoms with Crippen LogP contribution < -0.4 is 5.32 Å². The van der Waals surface area contributed by atoms with E-state index < -0.39 is 0 Å². The summed E-state index contributed by atoms with van der Waals surface area (Å²) in [5.74, 6) is 0.855. The van der Waals surface area contributed by atoms with E-state index in [0.29, 0.717) is 5.92 Å². The molecule has 1 N–H and O–H groups in total. The monoisotopic (exact) mass is 203 g/mol. The Labute approximate surface area is 84.6 Å². The number of nitrogens with one attached hydrogen (secondary N) is 1. The Morgan fingerprint density at radius 3 is 2.77 bits per heavy atom. The zero-order valence-electron chi connectivity index (χ0n) is 7.95. The number of carbonyl (C=O) groups excluding carboxylic acids is 1. The Kier molecular flexibility index (Phi) is 4.59. The number of carbonyl (C=O) groups is 1. The fraction of sp³-hybridized carbons (Fsp3) is 0.889. The molecule has 3 nitrogen and oxygen atoms in total. The van der Waals surface area contributed by atoms with Crippen molar-refractivity contribution in [2.24, 2.45) is 5.92 Å². The van der Waals surface area contributed by atoms with Crippen LogP contribution in [0.4, 0.5) is 0 Å². The van der Waals surface area contributed by atoms with Crippen LogP contribution in [-0.2, 0) is 9.53 Å². The molecule has 0 aromatic carbocycles. The summed E-state index contributed by atoms with van der Waals surface area (Å²) in [5, 5.41) is 2.93. The van der Waals surface area contributed by atoms with E-state index in [9.17, 15) is 4.79 Å². The molecule has 1 fully saturated rings. The molecule has 4 heteroatoms. The van der Waals surface area contributed by atoms with Crippen molar-refractivity contribution in [3.8, 4) is 0 Å². The van der Waals surface area contributed by atoms with Gasteiger partial charge in [-0.15, -0.1) is 0 Å². The van der Waals surface area contributed by atoms with Gasteiger partial charge in [0.05, 0.1) is 5.75 Å². The van der Waals surface area contributed by atoms with Gasteiger partial charge in [0.15, 0.2) is 0 Å². The van der Waals surface area contributed by atoms with Crippen LogP contribution in [0.15, 0.2) is 0 Å². The number of hydrogen-bond donors (Lipinski definition) is 2. The van der Waals surface area contributed by atoms with Gasteiger partial charge in [0, 0.05) is 19.3 Å². The Morgan fingerprint density at radius 1 is 1.62 bits per heavy atom. The minimum atomic E-state index is 0.0160. The maximum atomic E-state index is 11.0. The lowest BCUT2D eigenvalue weighted by Crippen LogP contribution is -2.40. The number of amides is 1. The molecule has 1 unspecified atom stereocenters. The number of thiol groups is 1. The van der Waals surface area contributed by atoms with Gasteiger partial charge in [-0.3, -0.25) is 4.79 Å². The van der Waals surface area contributed by atoms with Gasteiger partial charge in [0.2, 0.25) is 5.91 Å². The van der Waals surface area contributed by atoms with Crippen molar-refractivity contribution in [2.75, 3.05) is 19.0 Å². The van der Waals surface area contributed by atoms with E-state index in [1.807, 2.05) is 0 Å². The normalized spacial score (nSPS) is 21.1. The molecule has 0 aromatic rings. The lowest BCUT2D eigenvalue weighted by atomic mass is 9.93. The Hall–Kier alpha value is -0.220. The Morgan fingerprint density at radius 2 is 2.23 bits per heavy atom. The van der Waals surface area contributed by atoms with Crippen LogP contribution in [0.25, 0.3) is 0 Å². The van der Waals surface area contributed by atoms with Gasteiger partial charge < -0.3 is 10.1 Å². The van der Waals surface area contributed by atoms with E-state index in [2.05, 4.69) is 24.9 Å². The Balaban J connectivity index is 2.28. The molecule has 0 aromatic heterocycles. The van der Waals surface area contributed by atoms with Gasteiger partial charge in [-0.25, -0.2) is 0 Å². The zero-order chi connectivity index (χ0) is 9.68. The van der Waals surface area contributed by atoms with Crippen molar-refractivity contribution in [3.63, 3.8) is 0 Å². The van der Waals surface area contributed by atoms with E-state index in [4.69, 9.17) is 4.74 Å². The fourth-order valence-corrected chi connectivity index (χ4v) is 1.72. The highest BCUT2D eigenvalue weighted by Crippen LogP contribution is 2.18. The second kappa shape index (κ2) is 5.50. The van der Waals surface area contributed by atoms with Gasteiger partial charge in [-0.2, -0.15) is 12.6 Å². The number of rotatable bonds is 3. The smallest absolute Gasteiger partial charge is 0.229 e. The molecular formula is C9H17NO2S. The van der Waals surface area contributed by atoms with E-state index in [1.54, 1.807) is 0 Å². The minimum Gasteiger partial charge on any atom is -0.381 e. The molecular weight excluding hydrogens is 186 g/mol. The van der Waals surface area contributed by atoms with Crippen LogP contribution in [0.5, 0.6) is 0 Å². The van der Waals surface area contributed by atoms with Gasteiger partial charge in [0.1, 0.15) is 0 Å². The maximum Gasteiger partial charge on any atom is 0.229 e. The molecule has 1 heterocycles. The summed E-state index contributed by atoms with van der Waals surface area (Å²) in [6, 6.07) is 0.253. The first-order valence-corrected chi connectivity index (χ1v) is 5.35. The molecule has 0 saturated carbocycles. The van der Waals surface area contributed by atoms with Crippen LogP contribution in [0.1, 0.15) is 19.8 Å². The fourth-order valence-electron chi connectivity index (χ4n) is 1.63. The molecule has 1 aliphatic heterocycles. The number of hydrogen-bond acceptors (Lipinski definition) is 3. The molecule has 0 bridgehead atoms. The van der Waals surface area contributed by atoms with E-state index in [0.717, 1.165) is 26.1 Å². The SMILES string of the molecule is CC(NC(=O)CS)C1CCOCC1. The van der Waals surface area contributed by atoms with Crippen LogP contribution in [-0.4, -0.2) is 30.9 Å². The van der Waals surface area contributed by atoms with Crippen molar-refractivity contribution in [2.45, 2.75) is 25.8 Å². The highest BCUT2D eigenvalue weighted by atomic mass is 32.1. The van der Waals surface area contributed by atoms with Crippen molar-refractivity contribution in [3.05, 3.63) is 0 Å². The second-order valence-electron chi connectivity index (χ2n) is 3.46. The average Bonchev–Trinajstić information content (AvgIpc) is 2.19. The van der Waals surface area contributed by atoms with E-state index in [1.165, 1.54) is 0 Å². The summed E-state index contributed by atoms with van der Waals surface area (Å²) in [6.07, 6.45) is 2.10. The van der Waals surface area contributed by atoms with E-state index >= 15 is 0 Å². The third-order valence-corrected chi connectivity index (χ3v) is 2.79. The highest BCUT2D eigenvalue weighted by molar-refractivity contribution is 7.81. The summed E-state index contributed by atoms with van der Waals surface area (Å²) in [7, 11) is 0. The molecule has 76 valence electrons. The lowest BCUT2D eigenvalue weighted by molar-refractivity contribution is -0.119. The summed E-state index contributed by atoms with van der Waals surface area (Å²) < 4.78 is 5.25. The molecule has 0 spiro atoms. The largest absolute Gasteiger partial charge is 0.381 e. The standard InChI is InChI=1S/C9H17NO2S/c1-7(10-9(11)6-13)8-2-4-12-5-3-8/h7-8,13H,2-6H2,1H3,(H,10,11). The predicted molar refractivity (Wildman–Crippen MR) is 55.0 cm³/mol. The topological polar surface area (TPSA) is 38.3 Å². The predicted octanol–water partition coefficient (Wildman–Crippen LogP) is 0.847. The van der Waals surface area contributed by atoms with Crippen molar-refractivity contribution in [1.82, 2.24) is 5.32 Å². The minimum absolute atomic E-state index is 0.0160. The van der Waals surface area contributed by atoms with Gasteiger partial charge in [-0.1, -0.05) is 0 Å². The quantitative estimate of drug-likeness (QED) is 0.667.